The molecule has 0 bridgehead atoms. The molecule has 3 aromatic heterocycles. The zero-order chi connectivity index (χ0) is 22.1. The van der Waals surface area contributed by atoms with Crippen molar-refractivity contribution in [3.05, 3.63) is 72.3 Å². The van der Waals surface area contributed by atoms with Gasteiger partial charge in [0.05, 0.1) is 11.6 Å². The molecular formula is C23H25N7O2. The number of nitrogens with zero attached hydrogens (tertiary/aromatic N) is 7. The van der Waals surface area contributed by atoms with Gasteiger partial charge in [0, 0.05) is 75.8 Å². The van der Waals surface area contributed by atoms with Crippen LogP contribution in [0.4, 0.5) is 0 Å². The topological polar surface area (TPSA) is 97.1 Å². The second-order valence-electron chi connectivity index (χ2n) is 8.55. The quantitative estimate of drug-likeness (QED) is 0.623. The molecule has 5 heterocycles. The number of aryl methyl sites for hydroxylation is 1. The van der Waals surface area contributed by atoms with Gasteiger partial charge in [0.25, 0.3) is 5.91 Å². The van der Waals surface area contributed by atoms with E-state index >= 15 is 0 Å². The highest BCUT2D eigenvalue weighted by Crippen LogP contribution is 2.49. The van der Waals surface area contributed by atoms with Crippen molar-refractivity contribution >= 4 is 11.8 Å². The number of carbonyl (C=O) groups excluding carboxylic acids is 2. The first-order valence-electron chi connectivity index (χ1n) is 10.8. The Labute approximate surface area is 186 Å². The summed E-state index contributed by atoms with van der Waals surface area (Å²) in [4.78, 5) is 43.2. The standard InChI is InChI=1S/C23H25N7O2/c1-28-20(5-9-27-28)18-15-30(21(31)19-13-25-10-11-26-19)16-23(18)6-2-12-29(22(23)32)14-17-3-7-24-8-4-17/h3-5,7-11,13,18H,2,6,12,14-16H2,1H3/t18-,23+/m0/s1. The molecule has 0 N–H and O–H groups in total. The summed E-state index contributed by atoms with van der Waals surface area (Å²) < 4.78 is 1.82. The molecule has 164 valence electrons. The maximum absolute atomic E-state index is 14.0. The van der Waals surface area contributed by atoms with Gasteiger partial charge in [-0.3, -0.25) is 24.2 Å². The van der Waals surface area contributed by atoms with E-state index in [1.807, 2.05) is 34.8 Å². The smallest absolute Gasteiger partial charge is 0.274 e. The first kappa shape index (κ1) is 20.3. The lowest BCUT2D eigenvalue weighted by molar-refractivity contribution is -0.147. The number of likely N-dealkylation sites (tertiary alicyclic amines) is 2. The van der Waals surface area contributed by atoms with Crippen molar-refractivity contribution < 1.29 is 9.59 Å². The minimum Gasteiger partial charge on any atom is -0.338 e. The summed E-state index contributed by atoms with van der Waals surface area (Å²) in [6, 6.07) is 5.83. The number of pyridine rings is 1. The van der Waals surface area contributed by atoms with E-state index in [4.69, 9.17) is 0 Å². The van der Waals surface area contributed by atoms with Crippen molar-refractivity contribution in [1.29, 1.82) is 0 Å². The molecule has 5 rings (SSSR count). The Balaban J connectivity index is 1.49. The number of carbonyl (C=O) groups is 2. The first-order valence-corrected chi connectivity index (χ1v) is 10.8. The molecule has 2 amide bonds. The monoisotopic (exact) mass is 431 g/mol. The lowest BCUT2D eigenvalue weighted by Gasteiger charge is -2.42. The van der Waals surface area contributed by atoms with Crippen LogP contribution in [0.5, 0.6) is 0 Å². The highest BCUT2D eigenvalue weighted by Gasteiger charge is 2.57. The van der Waals surface area contributed by atoms with Crippen molar-refractivity contribution in [2.24, 2.45) is 12.5 Å². The van der Waals surface area contributed by atoms with Crippen LogP contribution in [0.15, 0.2) is 55.4 Å². The summed E-state index contributed by atoms with van der Waals surface area (Å²) in [5, 5.41) is 4.34. The summed E-state index contributed by atoms with van der Waals surface area (Å²) >= 11 is 0. The van der Waals surface area contributed by atoms with Gasteiger partial charge < -0.3 is 9.80 Å². The van der Waals surface area contributed by atoms with Crippen LogP contribution < -0.4 is 0 Å². The predicted octanol–water partition coefficient (Wildman–Crippen LogP) is 1.65. The molecule has 2 aliphatic heterocycles. The highest BCUT2D eigenvalue weighted by atomic mass is 16.2. The molecule has 9 nitrogen and oxygen atoms in total. The molecule has 2 atom stereocenters. The molecule has 0 unspecified atom stereocenters. The Morgan fingerprint density at radius 1 is 1.12 bits per heavy atom. The van der Waals surface area contributed by atoms with Gasteiger partial charge in [0.2, 0.25) is 5.91 Å². The van der Waals surface area contributed by atoms with Crippen molar-refractivity contribution in [2.45, 2.75) is 25.3 Å². The van der Waals surface area contributed by atoms with Crippen LogP contribution in [0.3, 0.4) is 0 Å². The fourth-order valence-electron chi connectivity index (χ4n) is 5.18. The lowest BCUT2D eigenvalue weighted by Crippen LogP contribution is -2.52. The maximum atomic E-state index is 14.0. The fourth-order valence-corrected chi connectivity index (χ4v) is 5.18. The van der Waals surface area contributed by atoms with Crippen LogP contribution >= 0.6 is 0 Å². The number of hydrogen-bond acceptors (Lipinski definition) is 6. The van der Waals surface area contributed by atoms with E-state index in [1.165, 1.54) is 12.4 Å². The Kier molecular flexibility index (Phi) is 5.16. The first-order chi connectivity index (χ1) is 15.6. The second-order valence-corrected chi connectivity index (χ2v) is 8.55. The minimum atomic E-state index is -0.684. The van der Waals surface area contributed by atoms with E-state index in [0.29, 0.717) is 31.9 Å². The van der Waals surface area contributed by atoms with Crippen LogP contribution in [0, 0.1) is 5.41 Å². The number of aromatic nitrogens is 5. The van der Waals surface area contributed by atoms with Crippen molar-refractivity contribution in [2.75, 3.05) is 19.6 Å². The molecule has 0 saturated carbocycles. The normalized spacial score (nSPS) is 23.2. The fraction of sp³-hybridized carbons (Fsp3) is 0.391. The Morgan fingerprint density at radius 2 is 1.97 bits per heavy atom. The summed E-state index contributed by atoms with van der Waals surface area (Å²) in [5.74, 6) is -0.231. The third kappa shape index (κ3) is 3.43. The maximum Gasteiger partial charge on any atom is 0.274 e. The SMILES string of the molecule is Cn1nccc1[C@@H]1CN(C(=O)c2cnccn2)C[C@]12CCCN(Cc1ccncc1)C2=O. The van der Waals surface area contributed by atoms with Gasteiger partial charge >= 0.3 is 0 Å². The summed E-state index contributed by atoms with van der Waals surface area (Å²) in [6.45, 7) is 2.06. The molecule has 1 spiro atoms. The van der Waals surface area contributed by atoms with Gasteiger partial charge in [-0.2, -0.15) is 5.10 Å². The van der Waals surface area contributed by atoms with Crippen LogP contribution in [0.1, 0.15) is 40.5 Å². The van der Waals surface area contributed by atoms with Crippen molar-refractivity contribution in [1.82, 2.24) is 34.5 Å². The van der Waals surface area contributed by atoms with E-state index < -0.39 is 5.41 Å². The average Bonchev–Trinajstić information content (AvgIpc) is 3.41. The largest absolute Gasteiger partial charge is 0.338 e. The molecule has 0 radical (unpaired) electrons. The van der Waals surface area contributed by atoms with E-state index in [1.54, 1.807) is 29.7 Å². The molecule has 9 heteroatoms. The van der Waals surface area contributed by atoms with E-state index in [0.717, 1.165) is 24.1 Å². The second kappa shape index (κ2) is 8.14. The van der Waals surface area contributed by atoms with Gasteiger partial charge in [0.1, 0.15) is 5.69 Å². The molecular weight excluding hydrogens is 406 g/mol. The van der Waals surface area contributed by atoms with Crippen LogP contribution in [-0.4, -0.2) is 66.0 Å². The van der Waals surface area contributed by atoms with Gasteiger partial charge in [-0.05, 0) is 36.6 Å². The number of amides is 2. The van der Waals surface area contributed by atoms with Crippen LogP contribution in [0.2, 0.25) is 0 Å². The van der Waals surface area contributed by atoms with Crippen molar-refractivity contribution in [3.63, 3.8) is 0 Å². The van der Waals surface area contributed by atoms with Gasteiger partial charge in [-0.25, -0.2) is 4.98 Å². The Bertz CT molecular complexity index is 1120. The molecule has 2 aliphatic rings. The number of rotatable bonds is 4. The van der Waals surface area contributed by atoms with E-state index in [2.05, 4.69) is 20.1 Å². The summed E-state index contributed by atoms with van der Waals surface area (Å²) in [7, 11) is 1.89. The third-order valence-electron chi connectivity index (χ3n) is 6.72. The molecule has 0 aliphatic carbocycles. The molecule has 3 aromatic rings. The molecule has 32 heavy (non-hydrogen) atoms. The number of piperidine rings is 1. The van der Waals surface area contributed by atoms with Gasteiger partial charge in [-0.15, -0.1) is 0 Å². The zero-order valence-corrected chi connectivity index (χ0v) is 18.0. The van der Waals surface area contributed by atoms with E-state index in [9.17, 15) is 9.59 Å². The molecule has 0 aromatic carbocycles. The molecule has 2 fully saturated rings. The third-order valence-corrected chi connectivity index (χ3v) is 6.72. The van der Waals surface area contributed by atoms with E-state index in [-0.39, 0.29) is 17.7 Å². The summed E-state index contributed by atoms with van der Waals surface area (Å²) in [5.41, 5.74) is 1.63. The summed E-state index contributed by atoms with van der Waals surface area (Å²) in [6.07, 6.45) is 11.4. The Hall–Kier alpha value is -3.62. The lowest BCUT2D eigenvalue weighted by atomic mass is 9.70. The number of hydrogen-bond donors (Lipinski definition) is 0. The van der Waals surface area contributed by atoms with Crippen molar-refractivity contribution in [3.8, 4) is 0 Å². The van der Waals surface area contributed by atoms with Gasteiger partial charge in [0.15, 0.2) is 0 Å². The molecule has 2 saturated heterocycles. The highest BCUT2D eigenvalue weighted by molar-refractivity contribution is 5.94. The Morgan fingerprint density at radius 3 is 2.69 bits per heavy atom. The van der Waals surface area contributed by atoms with Crippen LogP contribution in [-0.2, 0) is 18.4 Å². The average molecular weight is 432 g/mol. The van der Waals surface area contributed by atoms with Crippen LogP contribution in [0.25, 0.3) is 0 Å². The minimum absolute atomic E-state index is 0.0983. The zero-order valence-electron chi connectivity index (χ0n) is 18.0. The predicted molar refractivity (Wildman–Crippen MR) is 115 cm³/mol. The van der Waals surface area contributed by atoms with Gasteiger partial charge in [-0.1, -0.05) is 0 Å².